The molecule has 0 radical (unpaired) electrons. The Labute approximate surface area is 174 Å². The van der Waals surface area contributed by atoms with Gasteiger partial charge in [-0.3, -0.25) is 4.79 Å². The number of carbonyl (C=O) groups excluding carboxylic acids is 1. The smallest absolute Gasteiger partial charge is 0.226 e. The molecule has 2 aromatic heterocycles. The van der Waals surface area contributed by atoms with Crippen LogP contribution in [0.4, 0.5) is 0 Å². The van der Waals surface area contributed by atoms with Gasteiger partial charge in [-0.05, 0) is 86.6 Å². The van der Waals surface area contributed by atoms with E-state index in [4.69, 9.17) is 4.98 Å². The van der Waals surface area contributed by atoms with Gasteiger partial charge < -0.3 is 10.4 Å². The van der Waals surface area contributed by atoms with Crippen LogP contribution in [0.5, 0.6) is 0 Å². The molecule has 4 aliphatic rings. The zero-order valence-electron chi connectivity index (χ0n) is 16.5. The maximum absolute atomic E-state index is 13.6. The first-order valence-electron chi connectivity index (χ1n) is 10.3. The van der Waals surface area contributed by atoms with E-state index >= 15 is 0 Å². The van der Waals surface area contributed by atoms with Gasteiger partial charge >= 0.3 is 0 Å². The predicted octanol–water partition coefficient (Wildman–Crippen LogP) is 4.55. The van der Waals surface area contributed by atoms with Crippen molar-refractivity contribution in [1.29, 1.82) is 0 Å². The lowest BCUT2D eigenvalue weighted by Gasteiger charge is -2.59. The molecular formula is C22H28N2O2S2. The first-order chi connectivity index (χ1) is 13.3. The summed E-state index contributed by atoms with van der Waals surface area (Å²) in [7, 11) is 0. The van der Waals surface area contributed by atoms with Crippen LogP contribution in [0.15, 0.2) is 16.8 Å². The average molecular weight is 417 g/mol. The molecule has 1 amide bonds. The van der Waals surface area contributed by atoms with Crippen molar-refractivity contribution in [1.82, 2.24) is 10.3 Å². The average Bonchev–Trinajstić information content (AvgIpc) is 3.22. The van der Waals surface area contributed by atoms with Crippen molar-refractivity contribution < 1.29 is 9.90 Å². The maximum Gasteiger partial charge on any atom is 0.226 e. The van der Waals surface area contributed by atoms with Crippen LogP contribution in [0.25, 0.3) is 0 Å². The lowest BCUT2D eigenvalue weighted by Crippen LogP contribution is -2.60. The number of hydrogen-bond donors (Lipinski definition) is 2. The van der Waals surface area contributed by atoms with E-state index in [-0.39, 0.29) is 17.4 Å². The summed E-state index contributed by atoms with van der Waals surface area (Å²) in [5, 5.41) is 19.7. The Morgan fingerprint density at radius 1 is 1.32 bits per heavy atom. The van der Waals surface area contributed by atoms with Gasteiger partial charge in [-0.25, -0.2) is 4.98 Å². The van der Waals surface area contributed by atoms with Crippen LogP contribution in [0.2, 0.25) is 0 Å². The highest BCUT2D eigenvalue weighted by atomic mass is 32.1. The SMILES string of the molecule is Cc1nc([C@@H](Cc2ccsc2)NC(=O)C23C[C@H]4C[C@@H](CC(O)(C4)C2)C3)sc1C. The molecule has 2 aromatic rings. The van der Waals surface area contributed by atoms with Crippen LogP contribution in [0, 0.1) is 31.1 Å². The van der Waals surface area contributed by atoms with Crippen LogP contribution in [0.1, 0.15) is 65.7 Å². The Hall–Kier alpha value is -1.24. The van der Waals surface area contributed by atoms with Crippen molar-refractivity contribution in [3.63, 3.8) is 0 Å². The highest BCUT2D eigenvalue weighted by Crippen LogP contribution is 2.61. The van der Waals surface area contributed by atoms with Crippen molar-refractivity contribution in [3.8, 4) is 0 Å². The third kappa shape index (κ3) is 3.23. The molecule has 6 heteroatoms. The highest BCUT2D eigenvalue weighted by molar-refractivity contribution is 7.11. The van der Waals surface area contributed by atoms with Crippen molar-refractivity contribution in [2.24, 2.45) is 17.3 Å². The third-order valence-corrected chi connectivity index (χ3v) is 9.10. The second-order valence-corrected chi connectivity index (χ2v) is 11.5. The summed E-state index contributed by atoms with van der Waals surface area (Å²) < 4.78 is 0. The number of nitrogens with zero attached hydrogens (tertiary/aromatic N) is 1. The van der Waals surface area contributed by atoms with Gasteiger partial charge in [0.25, 0.3) is 0 Å². The molecule has 0 aliphatic heterocycles. The third-order valence-electron chi connectivity index (χ3n) is 7.18. The molecule has 0 spiro atoms. The second-order valence-electron chi connectivity index (χ2n) is 9.52. The van der Waals surface area contributed by atoms with E-state index in [2.05, 4.69) is 29.1 Å². The van der Waals surface area contributed by atoms with E-state index in [0.29, 0.717) is 18.3 Å². The Morgan fingerprint density at radius 3 is 2.64 bits per heavy atom. The van der Waals surface area contributed by atoms with Crippen LogP contribution < -0.4 is 5.32 Å². The lowest BCUT2D eigenvalue weighted by atomic mass is 9.47. The van der Waals surface area contributed by atoms with E-state index in [9.17, 15) is 9.90 Å². The summed E-state index contributed by atoms with van der Waals surface area (Å²) in [5.74, 6) is 1.17. The normalized spacial score (nSPS) is 34.5. The Bertz CT molecular complexity index is 855. The Balaban J connectivity index is 1.41. The number of carbonyl (C=O) groups is 1. The summed E-state index contributed by atoms with van der Waals surface area (Å²) >= 11 is 3.38. The van der Waals surface area contributed by atoms with E-state index in [1.54, 1.807) is 22.7 Å². The van der Waals surface area contributed by atoms with Crippen LogP contribution >= 0.6 is 22.7 Å². The summed E-state index contributed by atoms with van der Waals surface area (Å²) in [6.07, 6.45) is 6.27. The monoisotopic (exact) mass is 416 g/mol. The number of amides is 1. The Kier molecular flexibility index (Phi) is 4.45. The zero-order chi connectivity index (χ0) is 19.5. The van der Waals surface area contributed by atoms with Gasteiger partial charge in [-0.1, -0.05) is 0 Å². The zero-order valence-corrected chi connectivity index (χ0v) is 18.2. The van der Waals surface area contributed by atoms with Gasteiger partial charge in [0.15, 0.2) is 0 Å². The number of aromatic nitrogens is 1. The minimum Gasteiger partial charge on any atom is -0.390 e. The number of aryl methyl sites for hydroxylation is 2. The molecule has 0 saturated heterocycles. The minimum absolute atomic E-state index is 0.0952. The first kappa shape index (κ1) is 18.8. The molecule has 4 saturated carbocycles. The van der Waals surface area contributed by atoms with Gasteiger partial charge in [0.05, 0.1) is 22.8 Å². The largest absolute Gasteiger partial charge is 0.390 e. The summed E-state index contributed by atoms with van der Waals surface area (Å²) in [6.45, 7) is 4.13. The molecule has 28 heavy (non-hydrogen) atoms. The standard InChI is InChI=1S/C22H28N2O2S2/c1-13-14(2)28-19(23-13)18(6-15-3-4-27-11-15)24-20(25)21-7-16-5-17(8-21)10-22(26,9-16)12-21/h3-4,11,16-18,26H,5-10,12H2,1-2H3,(H,24,25)/t16-,17-,18-,21?,22?/m1/s1. The summed E-state index contributed by atoms with van der Waals surface area (Å²) in [4.78, 5) is 19.6. The van der Waals surface area contributed by atoms with Gasteiger partial charge in [0.1, 0.15) is 5.01 Å². The number of rotatable bonds is 5. The summed E-state index contributed by atoms with van der Waals surface area (Å²) in [6, 6.07) is 2.03. The molecule has 150 valence electrons. The van der Waals surface area contributed by atoms with Crippen molar-refractivity contribution in [3.05, 3.63) is 38.0 Å². The molecule has 0 aromatic carbocycles. The van der Waals surface area contributed by atoms with Gasteiger partial charge in [-0.15, -0.1) is 11.3 Å². The highest BCUT2D eigenvalue weighted by Gasteiger charge is 2.60. The number of nitrogens with one attached hydrogen (secondary N) is 1. The molecule has 3 atom stereocenters. The van der Waals surface area contributed by atoms with E-state index in [0.717, 1.165) is 42.8 Å². The van der Waals surface area contributed by atoms with E-state index in [1.807, 2.05) is 6.92 Å². The summed E-state index contributed by atoms with van der Waals surface area (Å²) in [5.41, 5.74) is 1.30. The van der Waals surface area contributed by atoms with E-state index < -0.39 is 5.60 Å². The Morgan fingerprint density at radius 2 is 2.07 bits per heavy atom. The quantitative estimate of drug-likeness (QED) is 0.751. The van der Waals surface area contributed by atoms with Crippen molar-refractivity contribution in [2.45, 2.75) is 70.4 Å². The van der Waals surface area contributed by atoms with Gasteiger partial charge in [0, 0.05) is 11.3 Å². The molecule has 6 rings (SSSR count). The van der Waals surface area contributed by atoms with Crippen LogP contribution in [0.3, 0.4) is 0 Å². The molecular weight excluding hydrogens is 388 g/mol. The molecule has 2 N–H and O–H groups in total. The molecule has 4 bridgehead atoms. The number of thiazole rings is 1. The maximum atomic E-state index is 13.6. The van der Waals surface area contributed by atoms with Gasteiger partial charge in [0.2, 0.25) is 5.91 Å². The predicted molar refractivity (Wildman–Crippen MR) is 113 cm³/mol. The fraction of sp³-hybridized carbons (Fsp3) is 0.636. The molecule has 4 fully saturated rings. The van der Waals surface area contributed by atoms with Crippen molar-refractivity contribution in [2.75, 3.05) is 0 Å². The fourth-order valence-electron chi connectivity index (χ4n) is 6.28. The van der Waals surface area contributed by atoms with E-state index in [1.165, 1.54) is 16.9 Å². The number of hydrogen-bond acceptors (Lipinski definition) is 5. The lowest BCUT2D eigenvalue weighted by molar-refractivity contribution is -0.178. The second kappa shape index (κ2) is 6.64. The van der Waals surface area contributed by atoms with Crippen LogP contribution in [-0.4, -0.2) is 21.6 Å². The molecule has 0 unspecified atom stereocenters. The number of thiophene rings is 1. The number of aliphatic hydroxyl groups is 1. The molecule has 4 nitrogen and oxygen atoms in total. The minimum atomic E-state index is -0.612. The fourth-order valence-corrected chi connectivity index (χ4v) is 7.94. The first-order valence-corrected chi connectivity index (χ1v) is 12.1. The van der Waals surface area contributed by atoms with Crippen LogP contribution in [-0.2, 0) is 11.2 Å². The van der Waals surface area contributed by atoms with Gasteiger partial charge in [-0.2, -0.15) is 11.3 Å². The molecule has 2 heterocycles. The molecule has 4 aliphatic carbocycles. The van der Waals surface area contributed by atoms with Crippen molar-refractivity contribution >= 4 is 28.6 Å². The topological polar surface area (TPSA) is 62.2 Å².